The van der Waals surface area contributed by atoms with E-state index in [-0.39, 0.29) is 0 Å². The largest absolute Gasteiger partial charge is 0.377 e. The van der Waals surface area contributed by atoms with Gasteiger partial charge in [0.25, 0.3) is 0 Å². The summed E-state index contributed by atoms with van der Waals surface area (Å²) >= 11 is 6.71. The summed E-state index contributed by atoms with van der Waals surface area (Å²) in [4.78, 5) is 8.27. The standard InChI is InChI=1S/C16H16I2N3S/c1-20(2)11-7-5-9-15(13(11)17)22-16-10(19-9)6-8-12(14(16)18)21(3)4/h5-8H,1-4H3/q+1/i17-2,18-2. The topological polar surface area (TPSA) is 19.1 Å². The molecule has 3 nitrogen and oxygen atoms in total. The molecule has 1 heterocycles. The van der Waals surface area contributed by atoms with Gasteiger partial charge in [-0.15, -0.1) is 11.3 Å². The second-order valence-electron chi connectivity index (χ2n) is 5.50. The molecule has 22 heavy (non-hydrogen) atoms. The summed E-state index contributed by atoms with van der Waals surface area (Å²) in [6.45, 7) is 0. The predicted octanol–water partition coefficient (Wildman–Crippen LogP) is 3.71. The molecule has 0 unspecified atom stereocenters. The van der Waals surface area contributed by atoms with Crippen molar-refractivity contribution in [3.63, 3.8) is 0 Å². The normalized spacial score (nSPS) is 11.2. The molecule has 6 heteroatoms. The number of aromatic nitrogens is 1. The van der Waals surface area contributed by atoms with E-state index in [0.29, 0.717) is 0 Å². The maximum atomic E-state index is 4.86. The van der Waals surface area contributed by atoms with Crippen LogP contribution in [0.15, 0.2) is 24.3 Å². The van der Waals surface area contributed by atoms with E-state index in [1.807, 2.05) is 11.3 Å². The van der Waals surface area contributed by atoms with Gasteiger partial charge in [0, 0.05) is 20.2 Å². The molecule has 0 saturated heterocycles. The Kier molecular flexibility index (Phi) is 4.61. The van der Waals surface area contributed by atoms with Gasteiger partial charge in [-0.3, -0.25) is 0 Å². The quantitative estimate of drug-likeness (QED) is 0.271. The zero-order valence-corrected chi connectivity index (χ0v) is 17.9. The maximum Gasteiger partial charge on any atom is 0.214 e. The molecule has 1 aliphatic heterocycles. The van der Waals surface area contributed by atoms with Crippen LogP contribution < -0.4 is 14.8 Å². The fourth-order valence-electron chi connectivity index (χ4n) is 2.36. The minimum Gasteiger partial charge on any atom is -0.377 e. The van der Waals surface area contributed by atoms with Crippen molar-refractivity contribution in [1.29, 1.82) is 0 Å². The van der Waals surface area contributed by atoms with Gasteiger partial charge in [-0.1, -0.05) is 0 Å². The number of hydrogen-bond acceptors (Lipinski definition) is 3. The van der Waals surface area contributed by atoms with E-state index >= 15 is 0 Å². The van der Waals surface area contributed by atoms with Crippen molar-refractivity contribution in [3.05, 3.63) is 36.8 Å². The highest BCUT2D eigenvalue weighted by atomic mass is 125. The molecule has 0 fully saturated rings. The number of anilines is 1. The van der Waals surface area contributed by atoms with E-state index in [0.717, 1.165) is 11.2 Å². The van der Waals surface area contributed by atoms with Gasteiger partial charge in [0.05, 0.1) is 30.0 Å². The highest BCUT2D eigenvalue weighted by Crippen LogP contribution is 2.37. The molecule has 0 N–H and O–H groups in total. The molecule has 0 aromatic heterocycles. The van der Waals surface area contributed by atoms with Gasteiger partial charge in [-0.25, -0.2) is 9.56 Å². The Hall–Kier alpha value is -0.480. The number of benzene rings is 2. The van der Waals surface area contributed by atoms with Crippen LogP contribution in [0.4, 0.5) is 5.69 Å². The molecule has 2 aliphatic rings. The zero-order chi connectivity index (χ0) is 16.0. The zero-order valence-electron chi connectivity index (χ0n) is 12.8. The molecule has 0 atom stereocenters. The smallest absolute Gasteiger partial charge is 0.214 e. The highest BCUT2D eigenvalue weighted by molar-refractivity contribution is 14.1. The fraction of sp³-hybridized carbons (Fsp3) is 0.250. The first-order valence-corrected chi connectivity index (χ1v) is 9.76. The molecule has 1 aromatic rings. The van der Waals surface area contributed by atoms with Crippen LogP contribution in [0.2, 0.25) is 0 Å². The molecular weight excluding hydrogens is 516 g/mol. The molecule has 3 rings (SSSR count). The lowest BCUT2D eigenvalue weighted by molar-refractivity contribution is 0.809. The van der Waals surface area contributed by atoms with E-state index < -0.39 is 0 Å². The Balaban J connectivity index is 2.45. The molecular formula is C16H16I2N3S+. The third-order valence-electron chi connectivity index (χ3n) is 3.52. The third-order valence-corrected chi connectivity index (χ3v) is 7.67. The number of fused-ring (bicyclic) bond motifs is 2. The Morgan fingerprint density at radius 3 is 2.41 bits per heavy atom. The van der Waals surface area contributed by atoms with E-state index in [2.05, 4.69) is 107 Å². The van der Waals surface area contributed by atoms with Crippen molar-refractivity contribution in [2.75, 3.05) is 33.1 Å². The second kappa shape index (κ2) is 6.20. The first kappa shape index (κ1) is 16.4. The van der Waals surface area contributed by atoms with Crippen molar-refractivity contribution in [2.45, 2.75) is 0 Å². The molecule has 0 bridgehead atoms. The average Bonchev–Trinajstić information content (AvgIpc) is 2.46. The summed E-state index contributed by atoms with van der Waals surface area (Å²) in [5, 5.41) is 1.24. The van der Waals surface area contributed by atoms with Crippen molar-refractivity contribution in [1.82, 2.24) is 9.56 Å². The van der Waals surface area contributed by atoms with Crippen LogP contribution in [0.3, 0.4) is 0 Å². The minimum absolute atomic E-state index is 1.07. The van der Waals surface area contributed by atoms with Gasteiger partial charge in [0.1, 0.15) is 17.7 Å². The van der Waals surface area contributed by atoms with Crippen LogP contribution in [-0.2, 0) is 0 Å². The average molecular weight is 532 g/mol. The summed E-state index contributed by atoms with van der Waals surface area (Å²) in [7, 11) is 8.32. The predicted molar refractivity (Wildman–Crippen MR) is 113 cm³/mol. The van der Waals surface area contributed by atoms with Crippen molar-refractivity contribution >= 4 is 72.4 Å². The summed E-state index contributed by atoms with van der Waals surface area (Å²) in [6.07, 6.45) is 0. The van der Waals surface area contributed by atoms with Crippen molar-refractivity contribution in [2.24, 2.45) is 0 Å². The number of hydrogen-bond donors (Lipinski definition) is 0. The van der Waals surface area contributed by atoms with Gasteiger partial charge in [-0.2, -0.15) is 0 Å². The Morgan fingerprint density at radius 2 is 1.77 bits per heavy atom. The Bertz CT molecular complexity index is 911. The van der Waals surface area contributed by atoms with Crippen LogP contribution >= 0.6 is 56.5 Å². The first-order valence-electron chi connectivity index (χ1n) is 6.79. The molecule has 0 amide bonds. The Morgan fingerprint density at radius 1 is 1.05 bits per heavy atom. The highest BCUT2D eigenvalue weighted by Gasteiger charge is 2.17. The monoisotopic (exact) mass is 532 g/mol. The van der Waals surface area contributed by atoms with Gasteiger partial charge in [-0.05, 0) is 63.4 Å². The molecule has 1 aliphatic carbocycles. The van der Waals surface area contributed by atoms with Crippen molar-refractivity contribution < 1.29 is 0 Å². The third kappa shape index (κ3) is 2.73. The molecule has 0 spiro atoms. The van der Waals surface area contributed by atoms with Gasteiger partial charge in [0.2, 0.25) is 5.36 Å². The summed E-state index contributed by atoms with van der Waals surface area (Å²) in [5.74, 6) is 0. The minimum atomic E-state index is 1.07. The first-order chi connectivity index (χ1) is 10.4. The van der Waals surface area contributed by atoms with Crippen LogP contribution in [0.25, 0.3) is 20.8 Å². The van der Waals surface area contributed by atoms with E-state index in [1.165, 1.54) is 27.8 Å². The van der Waals surface area contributed by atoms with Crippen LogP contribution in [0.5, 0.6) is 0 Å². The Labute approximate surface area is 161 Å². The van der Waals surface area contributed by atoms with Crippen LogP contribution in [0.1, 0.15) is 0 Å². The van der Waals surface area contributed by atoms with E-state index in [4.69, 9.17) is 4.98 Å². The van der Waals surface area contributed by atoms with Gasteiger partial charge in [0.15, 0.2) is 0 Å². The number of nitrogens with zero attached hydrogens (tertiary/aromatic N) is 3. The summed E-state index contributed by atoms with van der Waals surface area (Å²) in [5.41, 5.74) is 3.38. The lowest BCUT2D eigenvalue weighted by Gasteiger charge is -2.16. The van der Waals surface area contributed by atoms with E-state index in [1.54, 1.807) is 0 Å². The van der Waals surface area contributed by atoms with E-state index in [9.17, 15) is 0 Å². The fourth-order valence-corrected chi connectivity index (χ4v) is 5.93. The summed E-state index contributed by atoms with van der Waals surface area (Å²) in [6, 6.07) is 8.54. The molecule has 114 valence electrons. The number of halogens is 2. The van der Waals surface area contributed by atoms with Crippen LogP contribution in [0, 0.1) is 7.14 Å². The SMILES string of the molecule is CN(C)c1ccc2nc3ccc(=[N+](C)C)c([125I])c-3sc2c1[125I]. The lowest BCUT2D eigenvalue weighted by Crippen LogP contribution is -2.25. The second-order valence-corrected chi connectivity index (χ2v) is 8.67. The van der Waals surface area contributed by atoms with Crippen LogP contribution in [-0.4, -0.2) is 33.2 Å². The maximum absolute atomic E-state index is 4.86. The van der Waals surface area contributed by atoms with Gasteiger partial charge < -0.3 is 4.90 Å². The number of rotatable bonds is 1. The molecule has 0 saturated carbocycles. The lowest BCUT2D eigenvalue weighted by atomic mass is 10.2. The summed E-state index contributed by atoms with van der Waals surface area (Å²) < 4.78 is 5.95. The molecule has 0 radical (unpaired) electrons. The van der Waals surface area contributed by atoms with Gasteiger partial charge >= 0.3 is 0 Å². The molecule has 1 aromatic carbocycles. The van der Waals surface area contributed by atoms with Crippen molar-refractivity contribution in [3.8, 4) is 10.6 Å².